The number of nitrogens with one attached hydrogen (secondary N) is 1. The molecule has 4 rings (SSSR count). The lowest BCUT2D eigenvalue weighted by molar-refractivity contribution is 0.101. The summed E-state index contributed by atoms with van der Waals surface area (Å²) in [7, 11) is 0. The molecule has 0 radical (unpaired) electrons. The molecule has 0 aliphatic rings. The molecule has 0 unspecified atom stereocenters. The summed E-state index contributed by atoms with van der Waals surface area (Å²) >= 11 is 0. The summed E-state index contributed by atoms with van der Waals surface area (Å²) in [5.74, 6) is 1.01. The number of carbonyl (C=O) groups is 1. The van der Waals surface area contributed by atoms with Gasteiger partial charge in [0.05, 0.1) is 12.1 Å². The van der Waals surface area contributed by atoms with E-state index in [1.165, 1.54) is 5.56 Å². The van der Waals surface area contributed by atoms with Gasteiger partial charge in [-0.2, -0.15) is 0 Å². The Morgan fingerprint density at radius 2 is 1.87 bits per heavy atom. The van der Waals surface area contributed by atoms with Crippen LogP contribution in [0.15, 0.2) is 59.4 Å². The quantitative estimate of drug-likeness (QED) is 0.487. The number of benzene rings is 2. The third kappa shape index (κ3) is 4.80. The molecule has 0 fully saturated rings. The van der Waals surface area contributed by atoms with E-state index in [1.54, 1.807) is 17.9 Å². The maximum atomic E-state index is 12.8. The Morgan fingerprint density at radius 3 is 2.65 bits per heavy atom. The lowest BCUT2D eigenvalue weighted by Crippen LogP contribution is -2.16. The van der Waals surface area contributed by atoms with Crippen LogP contribution in [0, 0.1) is 20.8 Å². The molecule has 0 saturated heterocycles. The Bertz CT molecular complexity index is 1190. The van der Waals surface area contributed by atoms with Crippen LogP contribution in [0.5, 0.6) is 5.75 Å². The Labute approximate surface area is 179 Å². The van der Waals surface area contributed by atoms with Crippen LogP contribution in [0.25, 0.3) is 0 Å². The van der Waals surface area contributed by atoms with Crippen molar-refractivity contribution >= 4 is 11.9 Å². The SMILES string of the molecule is Cc1ccc(Cn2cnc(NC(=O)c3noc(C)c3COc3ccccc3C)n2)cc1. The average molecular weight is 417 g/mol. The first-order valence-corrected chi connectivity index (χ1v) is 9.89. The van der Waals surface area contributed by atoms with E-state index in [4.69, 9.17) is 9.26 Å². The van der Waals surface area contributed by atoms with Crippen molar-refractivity contribution in [3.05, 3.63) is 88.6 Å². The number of carbonyl (C=O) groups excluding carboxylic acids is 1. The fourth-order valence-electron chi connectivity index (χ4n) is 3.08. The smallest absolute Gasteiger partial charge is 0.280 e. The first kappa shape index (κ1) is 20.3. The van der Waals surface area contributed by atoms with Crippen molar-refractivity contribution in [1.29, 1.82) is 0 Å². The van der Waals surface area contributed by atoms with Crippen LogP contribution in [0.2, 0.25) is 0 Å². The average Bonchev–Trinajstić information content (AvgIpc) is 3.35. The zero-order chi connectivity index (χ0) is 21.8. The van der Waals surface area contributed by atoms with Crippen LogP contribution in [-0.4, -0.2) is 25.8 Å². The summed E-state index contributed by atoms with van der Waals surface area (Å²) in [6.07, 6.45) is 1.58. The van der Waals surface area contributed by atoms with Crippen molar-refractivity contribution in [2.75, 3.05) is 5.32 Å². The zero-order valence-electron chi connectivity index (χ0n) is 17.6. The molecule has 0 atom stereocenters. The van der Waals surface area contributed by atoms with E-state index in [1.807, 2.05) is 62.4 Å². The van der Waals surface area contributed by atoms with Crippen LogP contribution in [-0.2, 0) is 13.2 Å². The molecule has 31 heavy (non-hydrogen) atoms. The monoisotopic (exact) mass is 417 g/mol. The Balaban J connectivity index is 1.43. The van der Waals surface area contributed by atoms with Gasteiger partial charge < -0.3 is 9.26 Å². The molecule has 0 bridgehead atoms. The van der Waals surface area contributed by atoms with Crippen LogP contribution >= 0.6 is 0 Å². The number of aromatic nitrogens is 4. The van der Waals surface area contributed by atoms with Crippen molar-refractivity contribution in [3.8, 4) is 5.75 Å². The second-order valence-corrected chi connectivity index (χ2v) is 7.33. The molecule has 1 amide bonds. The Morgan fingerprint density at radius 1 is 1.10 bits per heavy atom. The third-order valence-electron chi connectivity index (χ3n) is 4.89. The summed E-state index contributed by atoms with van der Waals surface area (Å²) in [5.41, 5.74) is 4.03. The second kappa shape index (κ2) is 8.83. The number of hydrogen-bond donors (Lipinski definition) is 1. The van der Waals surface area contributed by atoms with Crippen molar-refractivity contribution in [1.82, 2.24) is 19.9 Å². The fraction of sp³-hybridized carbons (Fsp3) is 0.217. The summed E-state index contributed by atoms with van der Waals surface area (Å²) in [6.45, 7) is 6.47. The number of amides is 1. The lowest BCUT2D eigenvalue weighted by Gasteiger charge is -2.08. The molecule has 158 valence electrons. The standard InChI is InChI=1S/C23H23N5O3/c1-15-8-10-18(11-9-15)12-28-14-24-23(26-28)25-22(29)21-19(17(3)31-27-21)13-30-20-7-5-4-6-16(20)2/h4-11,14H,12-13H2,1-3H3,(H,25,26,29). The van der Waals surface area contributed by atoms with Gasteiger partial charge >= 0.3 is 0 Å². The number of anilines is 1. The molecule has 4 aromatic rings. The number of para-hydroxylation sites is 1. The summed E-state index contributed by atoms with van der Waals surface area (Å²) in [5, 5.41) is 10.9. The predicted molar refractivity (Wildman–Crippen MR) is 115 cm³/mol. The van der Waals surface area contributed by atoms with Gasteiger partial charge in [-0.15, -0.1) is 5.10 Å². The minimum absolute atomic E-state index is 0.154. The van der Waals surface area contributed by atoms with E-state index in [-0.39, 0.29) is 18.2 Å². The molecule has 2 aromatic carbocycles. The molecular formula is C23H23N5O3. The van der Waals surface area contributed by atoms with Gasteiger partial charge in [0, 0.05) is 0 Å². The van der Waals surface area contributed by atoms with Crippen LogP contribution in [0.3, 0.4) is 0 Å². The number of aryl methyl sites for hydroxylation is 3. The highest BCUT2D eigenvalue weighted by Gasteiger charge is 2.22. The van der Waals surface area contributed by atoms with Gasteiger partial charge in [0.15, 0.2) is 5.69 Å². The third-order valence-corrected chi connectivity index (χ3v) is 4.89. The predicted octanol–water partition coefficient (Wildman–Crippen LogP) is 4.07. The van der Waals surface area contributed by atoms with Crippen molar-refractivity contribution < 1.29 is 14.1 Å². The Hall–Kier alpha value is -3.94. The lowest BCUT2D eigenvalue weighted by atomic mass is 10.1. The van der Waals surface area contributed by atoms with E-state index >= 15 is 0 Å². The number of rotatable bonds is 7. The minimum atomic E-state index is -0.451. The van der Waals surface area contributed by atoms with E-state index in [9.17, 15) is 4.79 Å². The highest BCUT2D eigenvalue weighted by Crippen LogP contribution is 2.21. The van der Waals surface area contributed by atoms with Gasteiger partial charge in [-0.1, -0.05) is 53.2 Å². The normalized spacial score (nSPS) is 10.8. The number of nitrogens with zero attached hydrogens (tertiary/aromatic N) is 4. The minimum Gasteiger partial charge on any atom is -0.488 e. The van der Waals surface area contributed by atoms with E-state index in [2.05, 4.69) is 20.6 Å². The molecule has 0 aliphatic heterocycles. The molecule has 1 N–H and O–H groups in total. The molecule has 0 saturated carbocycles. The summed E-state index contributed by atoms with van der Waals surface area (Å²) < 4.78 is 12.8. The second-order valence-electron chi connectivity index (χ2n) is 7.33. The van der Waals surface area contributed by atoms with Gasteiger partial charge in [-0.25, -0.2) is 9.67 Å². The summed E-state index contributed by atoms with van der Waals surface area (Å²) in [6, 6.07) is 15.8. The summed E-state index contributed by atoms with van der Waals surface area (Å²) in [4.78, 5) is 16.9. The van der Waals surface area contributed by atoms with E-state index < -0.39 is 5.91 Å². The first-order chi connectivity index (χ1) is 15.0. The van der Waals surface area contributed by atoms with Gasteiger partial charge in [-0.05, 0) is 38.0 Å². The van der Waals surface area contributed by atoms with E-state index in [0.717, 1.165) is 16.9 Å². The maximum absolute atomic E-state index is 12.8. The first-order valence-electron chi connectivity index (χ1n) is 9.89. The van der Waals surface area contributed by atoms with Crippen molar-refractivity contribution in [2.45, 2.75) is 33.9 Å². The van der Waals surface area contributed by atoms with Gasteiger partial charge in [0.1, 0.15) is 24.4 Å². The number of ether oxygens (including phenoxy) is 1. The molecule has 0 spiro atoms. The van der Waals surface area contributed by atoms with Gasteiger partial charge in [-0.3, -0.25) is 10.1 Å². The largest absolute Gasteiger partial charge is 0.488 e. The van der Waals surface area contributed by atoms with Crippen LogP contribution < -0.4 is 10.1 Å². The number of hydrogen-bond acceptors (Lipinski definition) is 6. The van der Waals surface area contributed by atoms with Crippen molar-refractivity contribution in [2.24, 2.45) is 0 Å². The molecule has 8 nitrogen and oxygen atoms in total. The Kier molecular flexibility index (Phi) is 5.79. The van der Waals surface area contributed by atoms with Crippen LogP contribution in [0.4, 0.5) is 5.95 Å². The highest BCUT2D eigenvalue weighted by molar-refractivity contribution is 6.02. The maximum Gasteiger partial charge on any atom is 0.280 e. The van der Waals surface area contributed by atoms with Gasteiger partial charge in [0.2, 0.25) is 5.95 Å². The van der Waals surface area contributed by atoms with Crippen molar-refractivity contribution in [3.63, 3.8) is 0 Å². The van der Waals surface area contributed by atoms with Gasteiger partial charge in [0.25, 0.3) is 5.91 Å². The molecule has 2 aromatic heterocycles. The molecule has 0 aliphatic carbocycles. The van der Waals surface area contributed by atoms with E-state index in [0.29, 0.717) is 17.9 Å². The fourth-order valence-corrected chi connectivity index (χ4v) is 3.08. The highest BCUT2D eigenvalue weighted by atomic mass is 16.5. The zero-order valence-corrected chi connectivity index (χ0v) is 17.6. The van der Waals surface area contributed by atoms with Crippen LogP contribution in [0.1, 0.15) is 38.5 Å². The molecule has 8 heteroatoms. The molecular weight excluding hydrogens is 394 g/mol. The molecule has 2 heterocycles. The topological polar surface area (TPSA) is 95.1 Å².